The van der Waals surface area contributed by atoms with Crippen molar-refractivity contribution in [2.75, 3.05) is 26.2 Å². The van der Waals surface area contributed by atoms with Gasteiger partial charge in [0.2, 0.25) is 11.8 Å². The molecule has 4 aromatic carbocycles. The molecule has 9 rings (SSSR count). The number of amides is 2. The summed E-state index contributed by atoms with van der Waals surface area (Å²) in [7, 11) is 0. The Balaban J connectivity index is 0.932. The van der Waals surface area contributed by atoms with Crippen LogP contribution in [0.3, 0.4) is 0 Å². The molecule has 0 radical (unpaired) electrons. The lowest BCUT2D eigenvalue weighted by Crippen LogP contribution is -2.46. The summed E-state index contributed by atoms with van der Waals surface area (Å²) in [5, 5.41) is 2.28. The minimum absolute atomic E-state index is 0.00141. The maximum Gasteiger partial charge on any atom is 0.245 e. The van der Waals surface area contributed by atoms with Crippen LogP contribution >= 0.6 is 0 Å². The molecule has 0 spiro atoms. The summed E-state index contributed by atoms with van der Waals surface area (Å²) < 4.78 is 0. The Morgan fingerprint density at radius 3 is 2.07 bits per heavy atom. The van der Waals surface area contributed by atoms with E-state index in [-0.39, 0.29) is 35.9 Å². The molecule has 3 aliphatic rings. The molecule has 5 heterocycles. The van der Waals surface area contributed by atoms with Gasteiger partial charge in [0.25, 0.3) is 0 Å². The highest BCUT2D eigenvalue weighted by molar-refractivity contribution is 5.92. The molecule has 2 aromatic heterocycles. The molecule has 4 N–H and O–H groups in total. The molecular formula is C45H50N8O2. The third kappa shape index (κ3) is 6.72. The van der Waals surface area contributed by atoms with Gasteiger partial charge in [-0.25, -0.2) is 9.97 Å². The summed E-state index contributed by atoms with van der Waals surface area (Å²) in [6.07, 6.45) is 7.83. The van der Waals surface area contributed by atoms with E-state index in [1.54, 1.807) is 0 Å². The fourth-order valence-corrected chi connectivity index (χ4v) is 9.02. The van der Waals surface area contributed by atoms with Crippen molar-refractivity contribution in [2.24, 2.45) is 11.7 Å². The van der Waals surface area contributed by atoms with E-state index in [2.05, 4.69) is 86.5 Å². The number of hydrogen-bond donors (Lipinski definition) is 3. The number of nitrogens with one attached hydrogen (secondary N) is 2. The third-order valence-corrected chi connectivity index (χ3v) is 12.1. The van der Waals surface area contributed by atoms with Crippen LogP contribution in [-0.2, 0) is 9.59 Å². The number of carbonyl (C=O) groups is 2. The van der Waals surface area contributed by atoms with Crippen LogP contribution in [0.1, 0.15) is 87.7 Å². The number of carbonyl (C=O) groups excluding carboxylic acids is 2. The van der Waals surface area contributed by atoms with Crippen molar-refractivity contribution in [1.82, 2.24) is 34.6 Å². The maximum absolute atomic E-state index is 14.3. The van der Waals surface area contributed by atoms with Crippen molar-refractivity contribution in [1.29, 1.82) is 0 Å². The van der Waals surface area contributed by atoms with E-state index < -0.39 is 6.04 Å². The predicted octanol–water partition coefficient (Wildman–Crippen LogP) is 7.92. The second-order valence-electron chi connectivity index (χ2n) is 16.0. The van der Waals surface area contributed by atoms with E-state index in [1.165, 1.54) is 0 Å². The van der Waals surface area contributed by atoms with Crippen molar-refractivity contribution in [2.45, 2.75) is 76.5 Å². The molecule has 0 unspecified atom stereocenters. The van der Waals surface area contributed by atoms with E-state index in [4.69, 9.17) is 15.7 Å². The summed E-state index contributed by atoms with van der Waals surface area (Å²) in [5.74, 6) is 1.95. The normalized spacial score (nSPS) is 20.3. The molecule has 2 amide bonds. The minimum Gasteiger partial charge on any atom is -0.340 e. The Hall–Kier alpha value is -5.32. The number of hydrogen-bond acceptors (Lipinski definition) is 6. The van der Waals surface area contributed by atoms with Crippen LogP contribution in [0.15, 0.2) is 91.1 Å². The standard InChI is InChI=1S/C45H50N8O2/c1-28(2)40(46)44(54)52-22-8-12-38(52)42-47-27-37(50-42)34-17-16-30-24-31(14-15-32(30)25-34)33-18-19-35-36(26-33)49-43(48-35)39-13-9-23-53(39)45(55)41(51-20-6-7-21-51)29-10-4-3-5-11-29/h3-5,10-11,14-19,24-28,38-41H,6-9,12-13,20-23,46H2,1-2H3,(H,47,50)(H,48,49)/t38-,39-,40-,41+/m0/s1. The van der Waals surface area contributed by atoms with Gasteiger partial charge in [-0.1, -0.05) is 74.5 Å². The van der Waals surface area contributed by atoms with Crippen LogP contribution in [0.25, 0.3) is 44.2 Å². The van der Waals surface area contributed by atoms with Gasteiger partial charge in [0, 0.05) is 18.7 Å². The van der Waals surface area contributed by atoms with Gasteiger partial charge in [-0.05, 0) is 109 Å². The number of benzene rings is 4. The molecule has 6 aromatic rings. The van der Waals surface area contributed by atoms with Crippen LogP contribution in [-0.4, -0.2) is 78.7 Å². The molecule has 3 aliphatic heterocycles. The van der Waals surface area contributed by atoms with E-state index >= 15 is 0 Å². The summed E-state index contributed by atoms with van der Waals surface area (Å²) in [6, 6.07) is 28.8. The Morgan fingerprint density at radius 1 is 0.709 bits per heavy atom. The lowest BCUT2D eigenvalue weighted by Gasteiger charge is -2.33. The average molecular weight is 735 g/mol. The van der Waals surface area contributed by atoms with Crippen molar-refractivity contribution in [3.05, 3.63) is 108 Å². The van der Waals surface area contributed by atoms with E-state index in [0.29, 0.717) is 6.54 Å². The molecule has 282 valence electrons. The molecule has 0 bridgehead atoms. The first kappa shape index (κ1) is 35.4. The van der Waals surface area contributed by atoms with Gasteiger partial charge in [0.1, 0.15) is 17.7 Å². The van der Waals surface area contributed by atoms with Crippen molar-refractivity contribution < 1.29 is 9.59 Å². The highest BCUT2D eigenvalue weighted by Crippen LogP contribution is 2.38. The first-order valence-electron chi connectivity index (χ1n) is 20.1. The van der Waals surface area contributed by atoms with Crippen molar-refractivity contribution in [3.63, 3.8) is 0 Å². The van der Waals surface area contributed by atoms with E-state index in [0.717, 1.165) is 120 Å². The number of fused-ring (bicyclic) bond motifs is 2. The fraction of sp³-hybridized carbons (Fsp3) is 0.378. The Labute approximate surface area is 322 Å². The molecule has 55 heavy (non-hydrogen) atoms. The summed E-state index contributed by atoms with van der Waals surface area (Å²) >= 11 is 0. The first-order valence-corrected chi connectivity index (χ1v) is 20.1. The number of likely N-dealkylation sites (tertiary alicyclic amines) is 3. The first-order chi connectivity index (χ1) is 26.8. The van der Waals surface area contributed by atoms with Crippen LogP contribution in [0, 0.1) is 5.92 Å². The Morgan fingerprint density at radius 2 is 1.35 bits per heavy atom. The Kier molecular flexibility index (Phi) is 9.48. The zero-order chi connectivity index (χ0) is 37.6. The summed E-state index contributed by atoms with van der Waals surface area (Å²) in [5.41, 5.74) is 13.4. The molecule has 0 saturated carbocycles. The molecular weight excluding hydrogens is 685 g/mol. The van der Waals surface area contributed by atoms with Gasteiger partial charge in [0.15, 0.2) is 0 Å². The van der Waals surface area contributed by atoms with Crippen molar-refractivity contribution >= 4 is 33.6 Å². The quantitative estimate of drug-likeness (QED) is 0.139. The highest BCUT2D eigenvalue weighted by Gasteiger charge is 2.39. The summed E-state index contributed by atoms with van der Waals surface area (Å²) in [4.78, 5) is 50.7. The number of H-pyrrole nitrogens is 2. The number of nitrogens with zero attached hydrogens (tertiary/aromatic N) is 5. The number of aromatic nitrogens is 4. The van der Waals surface area contributed by atoms with Gasteiger partial charge in [-0.15, -0.1) is 0 Å². The number of rotatable bonds is 9. The fourth-order valence-electron chi connectivity index (χ4n) is 9.02. The van der Waals surface area contributed by atoms with Crippen LogP contribution < -0.4 is 5.73 Å². The third-order valence-electron chi connectivity index (χ3n) is 12.1. The second-order valence-corrected chi connectivity index (χ2v) is 16.0. The van der Waals surface area contributed by atoms with Gasteiger partial charge < -0.3 is 25.5 Å². The molecule has 3 fully saturated rings. The maximum atomic E-state index is 14.3. The summed E-state index contributed by atoms with van der Waals surface area (Å²) in [6.45, 7) is 7.34. The van der Waals surface area contributed by atoms with Gasteiger partial charge in [-0.3, -0.25) is 14.5 Å². The molecule has 10 nitrogen and oxygen atoms in total. The SMILES string of the molecule is CC(C)[C@H](N)C(=O)N1CCC[C@H]1c1ncc(-c2ccc3cc(-c4ccc5nc([C@@H]6CCCN6C(=O)[C@@H](c6ccccc6)N6CCCC6)[nH]c5c4)ccc3c2)[nH]1. The van der Waals surface area contributed by atoms with Crippen LogP contribution in [0.2, 0.25) is 0 Å². The number of aromatic amines is 2. The Bertz CT molecular complexity index is 2340. The smallest absolute Gasteiger partial charge is 0.245 e. The largest absolute Gasteiger partial charge is 0.340 e. The molecule has 0 aliphatic carbocycles. The number of imidazole rings is 2. The van der Waals surface area contributed by atoms with Gasteiger partial charge in [0.05, 0.1) is 41.0 Å². The zero-order valence-electron chi connectivity index (χ0n) is 31.7. The van der Waals surface area contributed by atoms with Gasteiger partial charge in [-0.2, -0.15) is 0 Å². The topological polar surface area (TPSA) is 127 Å². The second kappa shape index (κ2) is 14.7. The van der Waals surface area contributed by atoms with Gasteiger partial charge >= 0.3 is 0 Å². The lowest BCUT2D eigenvalue weighted by atomic mass is 9.99. The monoisotopic (exact) mass is 734 g/mol. The molecule has 3 saturated heterocycles. The van der Waals surface area contributed by atoms with E-state index in [9.17, 15) is 9.59 Å². The number of nitrogens with two attached hydrogens (primary N) is 1. The average Bonchev–Trinajstić information content (AvgIpc) is 4.06. The minimum atomic E-state index is -0.503. The van der Waals surface area contributed by atoms with Crippen LogP contribution in [0.4, 0.5) is 0 Å². The predicted molar refractivity (Wildman–Crippen MR) is 217 cm³/mol. The van der Waals surface area contributed by atoms with E-state index in [1.807, 2.05) is 43.1 Å². The highest BCUT2D eigenvalue weighted by atomic mass is 16.2. The van der Waals surface area contributed by atoms with Crippen LogP contribution in [0.5, 0.6) is 0 Å². The van der Waals surface area contributed by atoms with Crippen molar-refractivity contribution in [3.8, 4) is 22.4 Å². The zero-order valence-corrected chi connectivity index (χ0v) is 31.7. The molecule has 10 heteroatoms. The molecule has 4 atom stereocenters. The lowest BCUT2D eigenvalue weighted by molar-refractivity contribution is -0.138.